The van der Waals surface area contributed by atoms with Crippen molar-refractivity contribution in [2.45, 2.75) is 26.2 Å². The Balaban J connectivity index is 1.99. The number of aryl methyl sites for hydroxylation is 1. The summed E-state index contributed by atoms with van der Waals surface area (Å²) in [6.07, 6.45) is 3.07. The molecule has 0 saturated carbocycles. The quantitative estimate of drug-likeness (QED) is 0.823. The van der Waals surface area contributed by atoms with E-state index in [0.29, 0.717) is 5.56 Å². The maximum atomic E-state index is 13.4. The van der Waals surface area contributed by atoms with Crippen LogP contribution in [0.2, 0.25) is 0 Å². The summed E-state index contributed by atoms with van der Waals surface area (Å²) in [4.78, 5) is 16.1. The Labute approximate surface area is 112 Å². The molecule has 0 N–H and O–H groups in total. The molecule has 19 heavy (non-hydrogen) atoms. The van der Waals surface area contributed by atoms with Gasteiger partial charge in [-0.15, -0.1) is 0 Å². The maximum absolute atomic E-state index is 13.4. The zero-order chi connectivity index (χ0) is 13.7. The van der Waals surface area contributed by atoms with Gasteiger partial charge in [0.15, 0.2) is 0 Å². The minimum atomic E-state index is -0.329. The Kier molecular flexibility index (Phi) is 4.39. The molecule has 0 aliphatic rings. The normalized spacial score (nSPS) is 10.4. The van der Waals surface area contributed by atoms with E-state index in [1.807, 2.05) is 12.1 Å². The third-order valence-corrected chi connectivity index (χ3v) is 3.02. The second-order valence-corrected chi connectivity index (χ2v) is 4.49. The van der Waals surface area contributed by atoms with E-state index in [1.165, 1.54) is 6.07 Å². The predicted octanol–water partition coefficient (Wildman–Crippen LogP) is 3.14. The number of hydrogen-bond donors (Lipinski definition) is 0. The van der Waals surface area contributed by atoms with Gasteiger partial charge in [0.05, 0.1) is 0 Å². The van der Waals surface area contributed by atoms with Crippen LogP contribution in [-0.4, -0.2) is 10.8 Å². The molecule has 0 atom stereocenters. The molecule has 1 heterocycles. The standard InChI is InChI=1S/C16H16FNO/c1-2-12-7-8-14(18-11-12)10-15(19)9-13-5-3-4-6-16(13)17/h3-8,11H,2,9-10H2,1H3. The molecular weight excluding hydrogens is 241 g/mol. The van der Waals surface area contributed by atoms with Crippen molar-refractivity contribution in [1.29, 1.82) is 0 Å². The fourth-order valence-corrected chi connectivity index (χ4v) is 1.89. The first-order valence-electron chi connectivity index (χ1n) is 6.38. The molecule has 1 aromatic heterocycles. The number of pyridine rings is 1. The third-order valence-electron chi connectivity index (χ3n) is 3.02. The number of halogens is 1. The summed E-state index contributed by atoms with van der Waals surface area (Å²) in [6, 6.07) is 10.2. The molecule has 1 aromatic carbocycles. The minimum Gasteiger partial charge on any atom is -0.299 e. The smallest absolute Gasteiger partial charge is 0.143 e. The van der Waals surface area contributed by atoms with Crippen molar-refractivity contribution in [1.82, 2.24) is 4.98 Å². The number of benzene rings is 1. The monoisotopic (exact) mass is 257 g/mol. The summed E-state index contributed by atoms with van der Waals surface area (Å²) < 4.78 is 13.4. The first-order chi connectivity index (χ1) is 9.19. The molecule has 0 amide bonds. The van der Waals surface area contributed by atoms with E-state index < -0.39 is 0 Å². The predicted molar refractivity (Wildman–Crippen MR) is 72.4 cm³/mol. The molecule has 98 valence electrons. The summed E-state index contributed by atoms with van der Waals surface area (Å²) >= 11 is 0. The topological polar surface area (TPSA) is 30.0 Å². The number of hydrogen-bond acceptors (Lipinski definition) is 2. The molecule has 0 unspecified atom stereocenters. The second-order valence-electron chi connectivity index (χ2n) is 4.49. The molecule has 0 radical (unpaired) electrons. The second kappa shape index (κ2) is 6.23. The molecule has 0 aliphatic carbocycles. The molecule has 2 rings (SSSR count). The van der Waals surface area contributed by atoms with Crippen LogP contribution < -0.4 is 0 Å². The van der Waals surface area contributed by atoms with Gasteiger partial charge in [-0.1, -0.05) is 31.2 Å². The Hall–Kier alpha value is -2.03. The summed E-state index contributed by atoms with van der Waals surface area (Å²) in [7, 11) is 0. The summed E-state index contributed by atoms with van der Waals surface area (Å²) in [5, 5.41) is 0. The summed E-state index contributed by atoms with van der Waals surface area (Å²) in [6.45, 7) is 2.06. The van der Waals surface area contributed by atoms with Crippen LogP contribution >= 0.6 is 0 Å². The van der Waals surface area contributed by atoms with Crippen molar-refractivity contribution in [2.24, 2.45) is 0 Å². The van der Waals surface area contributed by atoms with E-state index in [-0.39, 0.29) is 24.4 Å². The average molecular weight is 257 g/mol. The van der Waals surface area contributed by atoms with E-state index in [0.717, 1.165) is 17.7 Å². The number of carbonyl (C=O) groups excluding carboxylic acids is 1. The highest BCUT2D eigenvalue weighted by atomic mass is 19.1. The van der Waals surface area contributed by atoms with Gasteiger partial charge < -0.3 is 0 Å². The fourth-order valence-electron chi connectivity index (χ4n) is 1.89. The van der Waals surface area contributed by atoms with Crippen molar-refractivity contribution in [3.8, 4) is 0 Å². The van der Waals surface area contributed by atoms with Crippen molar-refractivity contribution in [2.75, 3.05) is 0 Å². The van der Waals surface area contributed by atoms with Crippen LogP contribution in [0, 0.1) is 5.82 Å². The zero-order valence-corrected chi connectivity index (χ0v) is 10.9. The van der Waals surface area contributed by atoms with Crippen molar-refractivity contribution in [3.63, 3.8) is 0 Å². The van der Waals surface area contributed by atoms with Crippen LogP contribution in [0.25, 0.3) is 0 Å². The van der Waals surface area contributed by atoms with Crippen LogP contribution in [0.5, 0.6) is 0 Å². The zero-order valence-electron chi connectivity index (χ0n) is 10.9. The van der Waals surface area contributed by atoms with Crippen LogP contribution in [-0.2, 0) is 24.1 Å². The highest BCUT2D eigenvalue weighted by Crippen LogP contribution is 2.09. The van der Waals surface area contributed by atoms with Crippen molar-refractivity contribution < 1.29 is 9.18 Å². The van der Waals surface area contributed by atoms with Gasteiger partial charge in [-0.2, -0.15) is 0 Å². The highest BCUT2D eigenvalue weighted by molar-refractivity contribution is 5.82. The number of carbonyl (C=O) groups is 1. The summed E-state index contributed by atoms with van der Waals surface area (Å²) in [5.74, 6) is -0.355. The molecular formula is C16H16FNO. The fraction of sp³-hybridized carbons (Fsp3) is 0.250. The lowest BCUT2D eigenvalue weighted by Gasteiger charge is -2.03. The van der Waals surface area contributed by atoms with Gasteiger partial charge in [0.25, 0.3) is 0 Å². The molecule has 2 nitrogen and oxygen atoms in total. The number of Topliss-reactive ketones (excluding diaryl/α,β-unsaturated/α-hetero) is 1. The lowest BCUT2D eigenvalue weighted by Crippen LogP contribution is -2.09. The van der Waals surface area contributed by atoms with E-state index >= 15 is 0 Å². The SMILES string of the molecule is CCc1ccc(CC(=O)Cc2ccccc2F)nc1. The van der Waals surface area contributed by atoms with Crippen LogP contribution in [0.3, 0.4) is 0 Å². The highest BCUT2D eigenvalue weighted by Gasteiger charge is 2.09. The molecule has 0 aliphatic heterocycles. The van der Waals surface area contributed by atoms with E-state index in [1.54, 1.807) is 24.4 Å². The van der Waals surface area contributed by atoms with Gasteiger partial charge in [0.1, 0.15) is 11.6 Å². The van der Waals surface area contributed by atoms with Gasteiger partial charge in [-0.05, 0) is 29.7 Å². The minimum absolute atomic E-state index is 0.0261. The molecule has 0 fully saturated rings. The van der Waals surface area contributed by atoms with Crippen molar-refractivity contribution in [3.05, 3.63) is 65.2 Å². The van der Waals surface area contributed by atoms with Gasteiger partial charge in [0.2, 0.25) is 0 Å². The van der Waals surface area contributed by atoms with Gasteiger partial charge >= 0.3 is 0 Å². The summed E-state index contributed by atoms with van der Waals surface area (Å²) in [5.41, 5.74) is 2.32. The van der Waals surface area contributed by atoms with Crippen molar-refractivity contribution >= 4 is 5.78 Å². The maximum Gasteiger partial charge on any atom is 0.143 e. The van der Waals surface area contributed by atoms with E-state index in [2.05, 4.69) is 11.9 Å². The molecule has 3 heteroatoms. The Bertz CT molecular complexity index is 563. The van der Waals surface area contributed by atoms with Crippen LogP contribution in [0.15, 0.2) is 42.6 Å². The third kappa shape index (κ3) is 3.71. The van der Waals surface area contributed by atoms with Crippen LogP contribution in [0.4, 0.5) is 4.39 Å². The lowest BCUT2D eigenvalue weighted by molar-refractivity contribution is -0.117. The van der Waals surface area contributed by atoms with Gasteiger partial charge in [-0.25, -0.2) is 4.39 Å². The van der Waals surface area contributed by atoms with Gasteiger partial charge in [-0.3, -0.25) is 9.78 Å². The lowest BCUT2D eigenvalue weighted by atomic mass is 10.0. The Morgan fingerprint density at radius 1 is 1.16 bits per heavy atom. The van der Waals surface area contributed by atoms with E-state index in [4.69, 9.17) is 0 Å². The molecule has 0 bridgehead atoms. The number of ketones is 1. The first kappa shape index (κ1) is 13.4. The van der Waals surface area contributed by atoms with E-state index in [9.17, 15) is 9.18 Å². The number of nitrogens with zero attached hydrogens (tertiary/aromatic N) is 1. The number of rotatable bonds is 5. The van der Waals surface area contributed by atoms with Crippen LogP contribution in [0.1, 0.15) is 23.7 Å². The molecule has 0 spiro atoms. The first-order valence-corrected chi connectivity index (χ1v) is 6.38. The Morgan fingerprint density at radius 3 is 2.58 bits per heavy atom. The van der Waals surface area contributed by atoms with Gasteiger partial charge in [0, 0.05) is 24.7 Å². The Morgan fingerprint density at radius 2 is 1.95 bits per heavy atom. The number of aromatic nitrogens is 1. The largest absolute Gasteiger partial charge is 0.299 e. The molecule has 0 saturated heterocycles. The molecule has 2 aromatic rings. The average Bonchev–Trinajstić information content (AvgIpc) is 2.42.